The molecule has 1 amide bonds. The smallest absolute Gasteiger partial charge is 0.231 e. The molecule has 3 rings (SSSR count). The van der Waals surface area contributed by atoms with E-state index < -0.39 is 5.41 Å². The van der Waals surface area contributed by atoms with Crippen LogP contribution in [0.15, 0.2) is 48.8 Å². The lowest BCUT2D eigenvalue weighted by atomic mass is 9.77. The number of aromatic nitrogens is 1. The molecule has 1 fully saturated rings. The Bertz CT molecular complexity index is 692. The molecule has 132 valence electrons. The highest BCUT2D eigenvalue weighted by Gasteiger charge is 2.43. The first-order valence-electron chi connectivity index (χ1n) is 9.05. The molecular formula is C21H26N2O2. The molecule has 1 aliphatic carbocycles. The van der Waals surface area contributed by atoms with E-state index in [-0.39, 0.29) is 11.9 Å². The second kappa shape index (κ2) is 7.68. The molecule has 1 aromatic heterocycles. The number of carbonyl (C=O) groups excluding carboxylic acids is 1. The molecular weight excluding hydrogens is 312 g/mol. The predicted octanol–water partition coefficient (Wildman–Crippen LogP) is 4.17. The summed E-state index contributed by atoms with van der Waals surface area (Å²) in [7, 11) is 1.66. The fraction of sp³-hybridized carbons (Fsp3) is 0.429. The molecule has 0 radical (unpaired) electrons. The van der Waals surface area contributed by atoms with Crippen LogP contribution in [0.5, 0.6) is 5.75 Å². The van der Waals surface area contributed by atoms with Crippen molar-refractivity contribution in [3.63, 3.8) is 0 Å². The van der Waals surface area contributed by atoms with Crippen LogP contribution in [-0.2, 0) is 10.2 Å². The van der Waals surface area contributed by atoms with Crippen molar-refractivity contribution in [2.75, 3.05) is 7.11 Å². The summed E-state index contributed by atoms with van der Waals surface area (Å²) in [4.78, 5) is 17.5. The molecule has 0 aliphatic heterocycles. The summed E-state index contributed by atoms with van der Waals surface area (Å²) in [6.07, 6.45) is 8.41. The second-order valence-electron chi connectivity index (χ2n) is 6.74. The molecule has 2 aromatic rings. The van der Waals surface area contributed by atoms with Crippen LogP contribution in [0.25, 0.3) is 0 Å². The zero-order valence-corrected chi connectivity index (χ0v) is 15.0. The summed E-state index contributed by atoms with van der Waals surface area (Å²) >= 11 is 0. The number of nitrogens with one attached hydrogen (secondary N) is 1. The fourth-order valence-corrected chi connectivity index (χ4v) is 3.84. The van der Waals surface area contributed by atoms with Gasteiger partial charge in [0, 0.05) is 12.4 Å². The Morgan fingerprint density at radius 2 is 1.96 bits per heavy atom. The summed E-state index contributed by atoms with van der Waals surface area (Å²) in [6.45, 7) is 2.09. The number of benzene rings is 1. The van der Waals surface area contributed by atoms with E-state index in [0.29, 0.717) is 0 Å². The van der Waals surface area contributed by atoms with E-state index in [9.17, 15) is 4.79 Å². The molecule has 4 heteroatoms. The third-order valence-electron chi connectivity index (χ3n) is 5.33. The van der Waals surface area contributed by atoms with Gasteiger partial charge in [0.05, 0.1) is 18.6 Å². The van der Waals surface area contributed by atoms with Gasteiger partial charge in [-0.15, -0.1) is 0 Å². The van der Waals surface area contributed by atoms with Crippen molar-refractivity contribution >= 4 is 5.91 Å². The van der Waals surface area contributed by atoms with Crippen molar-refractivity contribution in [3.8, 4) is 5.75 Å². The highest BCUT2D eigenvalue weighted by Crippen LogP contribution is 2.42. The highest BCUT2D eigenvalue weighted by atomic mass is 16.5. The maximum Gasteiger partial charge on any atom is 0.231 e. The minimum Gasteiger partial charge on any atom is -0.497 e. The van der Waals surface area contributed by atoms with Gasteiger partial charge in [-0.25, -0.2) is 0 Å². The first kappa shape index (κ1) is 17.5. The van der Waals surface area contributed by atoms with Gasteiger partial charge in [-0.3, -0.25) is 9.78 Å². The van der Waals surface area contributed by atoms with Crippen molar-refractivity contribution < 1.29 is 9.53 Å². The van der Waals surface area contributed by atoms with E-state index in [2.05, 4.69) is 17.2 Å². The molecule has 1 aliphatic rings. The monoisotopic (exact) mass is 338 g/mol. The summed E-state index contributed by atoms with van der Waals surface area (Å²) in [5.74, 6) is 0.949. The third-order valence-corrected chi connectivity index (χ3v) is 5.33. The summed E-state index contributed by atoms with van der Waals surface area (Å²) < 4.78 is 5.26. The Morgan fingerprint density at radius 3 is 2.52 bits per heavy atom. The number of pyridine rings is 1. The molecule has 0 saturated heterocycles. The van der Waals surface area contributed by atoms with Crippen molar-refractivity contribution in [1.82, 2.24) is 10.3 Å². The average Bonchev–Trinajstić information content (AvgIpc) is 3.18. The van der Waals surface area contributed by atoms with Gasteiger partial charge in [-0.1, -0.05) is 38.0 Å². The molecule has 1 heterocycles. The van der Waals surface area contributed by atoms with Crippen LogP contribution < -0.4 is 10.1 Å². The molecule has 25 heavy (non-hydrogen) atoms. The van der Waals surface area contributed by atoms with E-state index in [4.69, 9.17) is 4.74 Å². The topological polar surface area (TPSA) is 51.2 Å². The highest BCUT2D eigenvalue weighted by molar-refractivity contribution is 5.89. The van der Waals surface area contributed by atoms with Crippen molar-refractivity contribution in [2.24, 2.45) is 0 Å². The van der Waals surface area contributed by atoms with E-state index in [1.807, 2.05) is 42.6 Å². The molecule has 1 aromatic carbocycles. The predicted molar refractivity (Wildman–Crippen MR) is 98.6 cm³/mol. The van der Waals surface area contributed by atoms with Crippen molar-refractivity contribution in [3.05, 3.63) is 59.9 Å². The molecule has 1 atom stereocenters. The van der Waals surface area contributed by atoms with Crippen LogP contribution in [0.2, 0.25) is 0 Å². The largest absolute Gasteiger partial charge is 0.497 e. The average molecular weight is 338 g/mol. The number of hydrogen-bond acceptors (Lipinski definition) is 3. The van der Waals surface area contributed by atoms with Gasteiger partial charge < -0.3 is 10.1 Å². The van der Waals surface area contributed by atoms with E-state index >= 15 is 0 Å². The van der Waals surface area contributed by atoms with Gasteiger partial charge >= 0.3 is 0 Å². The summed E-state index contributed by atoms with van der Waals surface area (Å²) in [5, 5.41) is 3.28. The minimum absolute atomic E-state index is 0.00285. The van der Waals surface area contributed by atoms with Crippen molar-refractivity contribution in [1.29, 1.82) is 0 Å². The summed E-state index contributed by atoms with van der Waals surface area (Å²) in [5.41, 5.74) is 1.72. The quantitative estimate of drug-likeness (QED) is 0.860. The number of amides is 1. The zero-order chi connectivity index (χ0) is 17.7. The van der Waals surface area contributed by atoms with Gasteiger partial charge in [0.25, 0.3) is 0 Å². The summed E-state index contributed by atoms with van der Waals surface area (Å²) in [6, 6.07) is 11.9. The molecule has 1 unspecified atom stereocenters. The Morgan fingerprint density at radius 1 is 1.24 bits per heavy atom. The maximum atomic E-state index is 13.3. The first-order chi connectivity index (χ1) is 12.2. The van der Waals surface area contributed by atoms with E-state index in [0.717, 1.165) is 49.0 Å². The minimum atomic E-state index is -0.429. The lowest BCUT2D eigenvalue weighted by Gasteiger charge is -2.31. The number of rotatable bonds is 6. The van der Waals surface area contributed by atoms with E-state index in [1.54, 1.807) is 13.3 Å². The van der Waals surface area contributed by atoms with Crippen LogP contribution in [-0.4, -0.2) is 18.0 Å². The van der Waals surface area contributed by atoms with Crippen LogP contribution in [0.4, 0.5) is 0 Å². The Hall–Kier alpha value is -2.36. The lowest BCUT2D eigenvalue weighted by Crippen LogP contribution is -2.44. The normalized spacial score (nSPS) is 17.0. The Kier molecular flexibility index (Phi) is 5.37. The van der Waals surface area contributed by atoms with Crippen LogP contribution in [0.1, 0.15) is 56.2 Å². The van der Waals surface area contributed by atoms with Gasteiger partial charge in [0.2, 0.25) is 5.91 Å². The molecule has 0 spiro atoms. The number of methoxy groups -OCH3 is 1. The Labute approximate surface area is 149 Å². The molecule has 1 N–H and O–H groups in total. The second-order valence-corrected chi connectivity index (χ2v) is 6.74. The van der Waals surface area contributed by atoms with Gasteiger partial charge in [0.15, 0.2) is 0 Å². The van der Waals surface area contributed by atoms with Gasteiger partial charge in [-0.05, 0) is 48.6 Å². The van der Waals surface area contributed by atoms with Gasteiger partial charge in [0.1, 0.15) is 5.75 Å². The van der Waals surface area contributed by atoms with Crippen LogP contribution in [0.3, 0.4) is 0 Å². The zero-order valence-electron chi connectivity index (χ0n) is 15.0. The number of nitrogens with zero attached hydrogens (tertiary/aromatic N) is 1. The van der Waals surface area contributed by atoms with Gasteiger partial charge in [-0.2, -0.15) is 0 Å². The van der Waals surface area contributed by atoms with Crippen LogP contribution >= 0.6 is 0 Å². The van der Waals surface area contributed by atoms with Crippen LogP contribution in [0, 0.1) is 0 Å². The number of ether oxygens (including phenoxy) is 1. The number of carbonyl (C=O) groups is 1. The molecule has 4 nitrogen and oxygen atoms in total. The standard InChI is InChI=1S/C21H26N2O2/c1-3-19(16-7-6-14-22-15-16)23-20(24)21(12-4-5-13-21)17-8-10-18(25-2)11-9-17/h6-11,14-15,19H,3-5,12-13H2,1-2H3,(H,23,24). The fourth-order valence-electron chi connectivity index (χ4n) is 3.84. The number of hydrogen-bond donors (Lipinski definition) is 1. The third kappa shape index (κ3) is 3.53. The maximum absolute atomic E-state index is 13.3. The first-order valence-corrected chi connectivity index (χ1v) is 9.05. The molecule has 1 saturated carbocycles. The van der Waals surface area contributed by atoms with E-state index in [1.165, 1.54) is 0 Å². The molecule has 0 bridgehead atoms. The Balaban J connectivity index is 1.85. The SMILES string of the molecule is CCC(NC(=O)C1(c2ccc(OC)cc2)CCCC1)c1cccnc1. The lowest BCUT2D eigenvalue weighted by molar-refractivity contribution is -0.127. The van der Waals surface area contributed by atoms with Crippen molar-refractivity contribution in [2.45, 2.75) is 50.5 Å².